The van der Waals surface area contributed by atoms with E-state index in [1.807, 2.05) is 53.2 Å². The zero-order valence-electron chi connectivity index (χ0n) is 17.1. The number of methoxy groups -OCH3 is 1. The molecule has 6 nitrogen and oxygen atoms in total. The van der Waals surface area contributed by atoms with E-state index in [4.69, 9.17) is 10.5 Å². The number of ether oxygens (including phenoxy) is 1. The first-order chi connectivity index (χ1) is 13.5. The largest absolute Gasteiger partial charge is 0.385 e. The molecule has 0 heterocycles. The quantitative estimate of drug-likeness (QED) is 0.475. The van der Waals surface area contributed by atoms with Crippen molar-refractivity contribution in [1.82, 2.24) is 4.90 Å². The Morgan fingerprint density at radius 1 is 1.04 bits per heavy atom. The topological polar surface area (TPSA) is 75.9 Å². The van der Waals surface area contributed by atoms with Crippen molar-refractivity contribution in [2.24, 2.45) is 5.73 Å². The molecule has 28 heavy (non-hydrogen) atoms. The Kier molecular flexibility index (Phi) is 8.42. The Hall–Kier alpha value is -2.44. The molecule has 2 aromatic rings. The number of benzene rings is 2. The van der Waals surface area contributed by atoms with Gasteiger partial charge in [-0.2, -0.15) is 0 Å². The van der Waals surface area contributed by atoms with Crippen molar-refractivity contribution in [1.29, 1.82) is 0 Å². The van der Waals surface area contributed by atoms with Gasteiger partial charge in [-0.05, 0) is 55.3 Å². The number of hydrogen-bond donors (Lipinski definition) is 1. The van der Waals surface area contributed by atoms with E-state index in [1.54, 1.807) is 14.0 Å². The van der Waals surface area contributed by atoms with Crippen molar-refractivity contribution in [2.45, 2.75) is 19.8 Å². The molecule has 0 atom stereocenters. The number of anilines is 1. The summed E-state index contributed by atoms with van der Waals surface area (Å²) in [6.45, 7) is 4.41. The molecule has 0 aliphatic rings. The zero-order valence-corrected chi connectivity index (χ0v) is 17.1. The Morgan fingerprint density at radius 3 is 2.39 bits per heavy atom. The minimum atomic E-state index is 0.0553. The predicted octanol–water partition coefficient (Wildman–Crippen LogP) is 2.69. The van der Waals surface area contributed by atoms with Crippen LogP contribution in [0, 0.1) is 0 Å². The molecule has 0 aliphatic carbocycles. The summed E-state index contributed by atoms with van der Waals surface area (Å²) >= 11 is 0. The molecule has 2 aromatic carbocycles. The number of carbonyl (C=O) groups is 2. The molecule has 2 N–H and O–H groups in total. The maximum absolute atomic E-state index is 12.8. The van der Waals surface area contributed by atoms with Crippen LogP contribution in [-0.2, 0) is 9.53 Å². The maximum Gasteiger partial charge on any atom is 0.242 e. The van der Waals surface area contributed by atoms with Gasteiger partial charge < -0.3 is 20.3 Å². The summed E-state index contributed by atoms with van der Waals surface area (Å²) in [7, 11) is 3.58. The van der Waals surface area contributed by atoms with Crippen LogP contribution in [0.25, 0.3) is 10.8 Å². The second kappa shape index (κ2) is 10.8. The Bertz CT molecular complexity index is 807. The van der Waals surface area contributed by atoms with Gasteiger partial charge in [-0.3, -0.25) is 9.59 Å². The van der Waals surface area contributed by atoms with Crippen LogP contribution in [0.2, 0.25) is 0 Å². The highest BCUT2D eigenvalue weighted by Gasteiger charge is 2.15. The minimum Gasteiger partial charge on any atom is -0.385 e. The summed E-state index contributed by atoms with van der Waals surface area (Å²) < 4.78 is 5.10. The van der Waals surface area contributed by atoms with Crippen LogP contribution in [0.5, 0.6) is 0 Å². The number of ketones is 1. The summed E-state index contributed by atoms with van der Waals surface area (Å²) in [5.41, 5.74) is 7.28. The molecule has 0 unspecified atom stereocenters. The van der Waals surface area contributed by atoms with Gasteiger partial charge >= 0.3 is 0 Å². The van der Waals surface area contributed by atoms with Gasteiger partial charge in [-0.15, -0.1) is 0 Å². The van der Waals surface area contributed by atoms with Crippen LogP contribution in [0.3, 0.4) is 0 Å². The summed E-state index contributed by atoms with van der Waals surface area (Å²) in [4.78, 5) is 28.1. The molecule has 6 heteroatoms. The van der Waals surface area contributed by atoms with Crippen molar-refractivity contribution >= 4 is 28.2 Å². The van der Waals surface area contributed by atoms with Crippen LogP contribution in [0.4, 0.5) is 5.69 Å². The summed E-state index contributed by atoms with van der Waals surface area (Å²) in [6.07, 6.45) is 1.60. The number of rotatable bonds is 11. The number of carbonyl (C=O) groups excluding carboxylic acids is 2. The van der Waals surface area contributed by atoms with Crippen molar-refractivity contribution in [2.75, 3.05) is 51.8 Å². The third kappa shape index (κ3) is 6.04. The fourth-order valence-electron chi connectivity index (χ4n) is 3.13. The normalized spacial score (nSPS) is 10.9. The van der Waals surface area contributed by atoms with E-state index in [0.29, 0.717) is 38.3 Å². The molecular formula is C22H31N3O3. The Labute approximate surface area is 167 Å². The molecule has 0 fully saturated rings. The van der Waals surface area contributed by atoms with E-state index in [1.165, 1.54) is 0 Å². The van der Waals surface area contributed by atoms with Crippen LogP contribution >= 0.6 is 0 Å². The van der Waals surface area contributed by atoms with Gasteiger partial charge in [-0.1, -0.05) is 18.2 Å². The number of Topliss-reactive ketones (excluding diaryl/α,β-unsaturated/α-hetero) is 1. The minimum absolute atomic E-state index is 0.0553. The number of likely N-dealkylation sites (N-methyl/N-ethyl adjacent to an activating group) is 1. The first kappa shape index (κ1) is 21.9. The van der Waals surface area contributed by atoms with Crippen LogP contribution in [0.15, 0.2) is 36.4 Å². The second-order valence-electron chi connectivity index (χ2n) is 7.03. The fraction of sp³-hybridized carbons (Fsp3) is 0.455. The zero-order chi connectivity index (χ0) is 20.5. The predicted molar refractivity (Wildman–Crippen MR) is 114 cm³/mol. The van der Waals surface area contributed by atoms with Gasteiger partial charge in [0, 0.05) is 45.1 Å². The SMILES string of the molecule is COCCCN(CCCN)C(=O)CN(C)c1ccc2cc(C(C)=O)ccc2c1. The van der Waals surface area contributed by atoms with Crippen molar-refractivity contribution in [3.63, 3.8) is 0 Å². The standard InChI is InChI=1S/C22H31N3O3/c1-17(26)18-6-7-20-15-21(9-8-19(20)14-18)24(2)16-22(27)25(11-4-10-23)12-5-13-28-3/h6-9,14-15H,4-5,10-13,16,23H2,1-3H3. The number of amides is 1. The molecule has 1 amide bonds. The van der Waals surface area contributed by atoms with Gasteiger partial charge in [0.2, 0.25) is 5.91 Å². The number of nitrogens with zero attached hydrogens (tertiary/aromatic N) is 2. The third-order valence-corrected chi connectivity index (χ3v) is 4.80. The van der Waals surface area contributed by atoms with Crippen LogP contribution < -0.4 is 10.6 Å². The van der Waals surface area contributed by atoms with E-state index in [9.17, 15) is 9.59 Å². The third-order valence-electron chi connectivity index (χ3n) is 4.80. The molecule has 0 saturated carbocycles. The fourth-order valence-corrected chi connectivity index (χ4v) is 3.13. The summed E-state index contributed by atoms with van der Waals surface area (Å²) in [5.74, 6) is 0.138. The van der Waals surface area contributed by atoms with Crippen molar-refractivity contribution < 1.29 is 14.3 Å². The monoisotopic (exact) mass is 385 g/mol. The molecular weight excluding hydrogens is 354 g/mol. The highest BCUT2D eigenvalue weighted by atomic mass is 16.5. The average Bonchev–Trinajstić information content (AvgIpc) is 2.69. The lowest BCUT2D eigenvalue weighted by Crippen LogP contribution is -2.41. The summed E-state index contributed by atoms with van der Waals surface area (Å²) in [5, 5.41) is 2.06. The van der Waals surface area contributed by atoms with Gasteiger partial charge in [0.1, 0.15) is 0 Å². The Balaban J connectivity index is 2.08. The Morgan fingerprint density at radius 2 is 1.71 bits per heavy atom. The molecule has 0 spiro atoms. The lowest BCUT2D eigenvalue weighted by atomic mass is 10.0. The molecule has 0 aromatic heterocycles. The van der Waals surface area contributed by atoms with Gasteiger partial charge in [0.15, 0.2) is 5.78 Å². The smallest absolute Gasteiger partial charge is 0.242 e. The first-order valence-corrected chi connectivity index (χ1v) is 9.69. The first-order valence-electron chi connectivity index (χ1n) is 9.69. The lowest BCUT2D eigenvalue weighted by Gasteiger charge is -2.26. The molecule has 0 radical (unpaired) electrons. The van der Waals surface area contributed by atoms with Gasteiger partial charge in [0.25, 0.3) is 0 Å². The molecule has 0 bridgehead atoms. The average molecular weight is 386 g/mol. The molecule has 0 saturated heterocycles. The van der Waals surface area contributed by atoms with E-state index in [0.717, 1.165) is 29.3 Å². The van der Waals surface area contributed by atoms with E-state index < -0.39 is 0 Å². The number of fused-ring (bicyclic) bond motifs is 1. The van der Waals surface area contributed by atoms with Crippen molar-refractivity contribution in [3.8, 4) is 0 Å². The molecule has 2 rings (SSSR count). The maximum atomic E-state index is 12.8. The number of nitrogens with two attached hydrogens (primary N) is 1. The molecule has 0 aliphatic heterocycles. The highest BCUT2D eigenvalue weighted by Crippen LogP contribution is 2.23. The van der Waals surface area contributed by atoms with E-state index in [2.05, 4.69) is 0 Å². The lowest BCUT2D eigenvalue weighted by molar-refractivity contribution is -0.129. The van der Waals surface area contributed by atoms with Crippen molar-refractivity contribution in [3.05, 3.63) is 42.0 Å². The van der Waals surface area contributed by atoms with Crippen LogP contribution in [0.1, 0.15) is 30.1 Å². The van der Waals surface area contributed by atoms with E-state index in [-0.39, 0.29) is 11.7 Å². The summed E-state index contributed by atoms with van der Waals surface area (Å²) in [6, 6.07) is 11.7. The van der Waals surface area contributed by atoms with Crippen LogP contribution in [-0.4, -0.2) is 63.5 Å². The van der Waals surface area contributed by atoms with Gasteiger partial charge in [0.05, 0.1) is 6.54 Å². The van der Waals surface area contributed by atoms with Gasteiger partial charge in [-0.25, -0.2) is 0 Å². The number of hydrogen-bond acceptors (Lipinski definition) is 5. The molecule has 152 valence electrons. The van der Waals surface area contributed by atoms with E-state index >= 15 is 0 Å². The second-order valence-corrected chi connectivity index (χ2v) is 7.03. The highest BCUT2D eigenvalue weighted by molar-refractivity contribution is 5.99.